The van der Waals surface area contributed by atoms with Gasteiger partial charge in [0.15, 0.2) is 0 Å². The molecule has 7 heteroatoms. The summed E-state index contributed by atoms with van der Waals surface area (Å²) in [6, 6.07) is 6.27. The third-order valence-electron chi connectivity index (χ3n) is 2.80. The predicted octanol–water partition coefficient (Wildman–Crippen LogP) is 2.82. The number of hydrogen-bond acceptors (Lipinski definition) is 4. The highest BCUT2D eigenvalue weighted by Crippen LogP contribution is 2.24. The largest absolute Gasteiger partial charge is 0.241 e. The van der Waals surface area contributed by atoms with Crippen molar-refractivity contribution in [3.8, 4) is 10.6 Å². The summed E-state index contributed by atoms with van der Waals surface area (Å²) in [6.07, 6.45) is 1.12. The van der Waals surface area contributed by atoms with Crippen molar-refractivity contribution in [2.45, 2.75) is 19.8 Å². The minimum absolute atomic E-state index is 0.138. The molecular weight excluding hydrogens is 311 g/mol. The van der Waals surface area contributed by atoms with Gasteiger partial charge in [-0.2, -0.15) is 0 Å². The van der Waals surface area contributed by atoms with E-state index in [2.05, 4.69) is 9.71 Å². The van der Waals surface area contributed by atoms with Crippen LogP contribution in [-0.4, -0.2) is 25.7 Å². The van der Waals surface area contributed by atoms with E-state index in [9.17, 15) is 12.8 Å². The Morgan fingerprint density at radius 3 is 2.90 bits per heavy atom. The summed E-state index contributed by atoms with van der Waals surface area (Å²) in [4.78, 5) is 4.40. The molecule has 0 bridgehead atoms. The van der Waals surface area contributed by atoms with Crippen LogP contribution in [-0.2, 0) is 16.4 Å². The molecular formula is C14H17FN2O2S2. The van der Waals surface area contributed by atoms with E-state index in [1.807, 2.05) is 12.3 Å². The van der Waals surface area contributed by atoms with E-state index >= 15 is 0 Å². The number of rotatable bonds is 7. The van der Waals surface area contributed by atoms with Crippen LogP contribution in [0.15, 0.2) is 29.6 Å². The fourth-order valence-electron chi connectivity index (χ4n) is 1.85. The molecule has 0 unspecified atom stereocenters. The van der Waals surface area contributed by atoms with Crippen LogP contribution in [0, 0.1) is 5.82 Å². The lowest BCUT2D eigenvalue weighted by Crippen LogP contribution is -2.28. The molecule has 2 aromatic rings. The topological polar surface area (TPSA) is 59.1 Å². The molecule has 0 aliphatic carbocycles. The fraction of sp³-hybridized carbons (Fsp3) is 0.357. The molecule has 0 saturated carbocycles. The normalized spacial score (nSPS) is 11.7. The van der Waals surface area contributed by atoms with Crippen LogP contribution >= 0.6 is 11.3 Å². The summed E-state index contributed by atoms with van der Waals surface area (Å²) in [5.41, 5.74) is 1.54. The minimum atomic E-state index is -3.18. The van der Waals surface area contributed by atoms with Gasteiger partial charge in [-0.3, -0.25) is 0 Å². The summed E-state index contributed by atoms with van der Waals surface area (Å²) >= 11 is 1.42. The van der Waals surface area contributed by atoms with Gasteiger partial charge in [0, 0.05) is 23.9 Å². The van der Waals surface area contributed by atoms with Crippen LogP contribution in [0.5, 0.6) is 0 Å². The van der Waals surface area contributed by atoms with E-state index in [1.54, 1.807) is 12.1 Å². The molecule has 2 rings (SSSR count). The molecule has 0 fully saturated rings. The number of nitrogens with zero attached hydrogens (tertiary/aromatic N) is 1. The number of sulfonamides is 1. The molecule has 0 saturated heterocycles. The van der Waals surface area contributed by atoms with E-state index in [-0.39, 0.29) is 11.6 Å². The SMILES string of the molecule is CCCS(=O)(=O)NCCc1csc(-c2cccc(F)c2)n1. The summed E-state index contributed by atoms with van der Waals surface area (Å²) in [5.74, 6) is -0.157. The highest BCUT2D eigenvalue weighted by molar-refractivity contribution is 7.89. The first-order valence-electron chi connectivity index (χ1n) is 6.68. The maximum atomic E-state index is 13.2. The lowest BCUT2D eigenvalue weighted by atomic mass is 10.2. The molecule has 0 atom stereocenters. The molecule has 1 aromatic carbocycles. The maximum absolute atomic E-state index is 13.2. The van der Waals surface area contributed by atoms with Crippen molar-refractivity contribution in [2.24, 2.45) is 0 Å². The highest BCUT2D eigenvalue weighted by Gasteiger charge is 2.09. The third-order valence-corrected chi connectivity index (χ3v) is 5.33. The summed E-state index contributed by atoms with van der Waals surface area (Å²) in [5, 5.41) is 2.61. The number of aromatic nitrogens is 1. The first kappa shape index (κ1) is 16.1. The van der Waals surface area contributed by atoms with Gasteiger partial charge < -0.3 is 0 Å². The van der Waals surface area contributed by atoms with Crippen molar-refractivity contribution >= 4 is 21.4 Å². The average Bonchev–Trinajstić information content (AvgIpc) is 2.87. The monoisotopic (exact) mass is 328 g/mol. The summed E-state index contributed by atoms with van der Waals surface area (Å²) in [6.45, 7) is 2.15. The van der Waals surface area contributed by atoms with E-state index in [0.717, 1.165) is 16.3 Å². The van der Waals surface area contributed by atoms with Crippen molar-refractivity contribution in [1.29, 1.82) is 0 Å². The van der Waals surface area contributed by atoms with Crippen LogP contribution < -0.4 is 4.72 Å². The Balaban J connectivity index is 1.95. The molecule has 0 amide bonds. The number of thiazole rings is 1. The van der Waals surface area contributed by atoms with E-state index in [1.165, 1.54) is 23.5 Å². The molecule has 0 spiro atoms. The standard InChI is InChI=1S/C14H17FN2O2S2/c1-2-8-21(18,19)16-7-6-13-10-20-14(17-13)11-4-3-5-12(15)9-11/h3-5,9-10,16H,2,6-8H2,1H3. The van der Waals surface area contributed by atoms with Crippen molar-refractivity contribution in [3.05, 3.63) is 41.2 Å². The van der Waals surface area contributed by atoms with Crippen LogP contribution in [0.4, 0.5) is 4.39 Å². The van der Waals surface area contributed by atoms with Gasteiger partial charge in [0.25, 0.3) is 0 Å². The van der Waals surface area contributed by atoms with Gasteiger partial charge in [-0.1, -0.05) is 19.1 Å². The zero-order chi connectivity index (χ0) is 15.3. The summed E-state index contributed by atoms with van der Waals surface area (Å²) < 4.78 is 38.7. The first-order valence-corrected chi connectivity index (χ1v) is 9.21. The van der Waals surface area contributed by atoms with E-state index < -0.39 is 10.0 Å². The van der Waals surface area contributed by atoms with Crippen molar-refractivity contribution in [2.75, 3.05) is 12.3 Å². The molecule has 0 radical (unpaired) electrons. The Hall–Kier alpha value is -1.31. The smallest absolute Gasteiger partial charge is 0.211 e. The van der Waals surface area contributed by atoms with Gasteiger partial charge in [-0.15, -0.1) is 11.3 Å². The van der Waals surface area contributed by atoms with E-state index in [4.69, 9.17) is 0 Å². The Bertz CT molecular complexity index is 699. The average molecular weight is 328 g/mol. The third kappa shape index (κ3) is 4.87. The van der Waals surface area contributed by atoms with Crippen LogP contribution in [0.25, 0.3) is 10.6 Å². The Morgan fingerprint density at radius 1 is 1.38 bits per heavy atom. The minimum Gasteiger partial charge on any atom is -0.241 e. The number of halogens is 1. The summed E-state index contributed by atoms with van der Waals surface area (Å²) in [7, 11) is -3.18. The highest BCUT2D eigenvalue weighted by atomic mass is 32.2. The Labute approximate surface area is 128 Å². The number of benzene rings is 1. The van der Waals surface area contributed by atoms with Gasteiger partial charge in [0.1, 0.15) is 10.8 Å². The lowest BCUT2D eigenvalue weighted by Gasteiger charge is -2.03. The van der Waals surface area contributed by atoms with Crippen molar-refractivity contribution in [1.82, 2.24) is 9.71 Å². The zero-order valence-electron chi connectivity index (χ0n) is 11.7. The van der Waals surface area contributed by atoms with Crippen molar-refractivity contribution < 1.29 is 12.8 Å². The lowest BCUT2D eigenvalue weighted by molar-refractivity contribution is 0.580. The molecule has 114 valence electrons. The van der Waals surface area contributed by atoms with Gasteiger partial charge in [-0.05, 0) is 18.6 Å². The van der Waals surface area contributed by atoms with Crippen LogP contribution in [0.2, 0.25) is 0 Å². The number of hydrogen-bond donors (Lipinski definition) is 1. The van der Waals surface area contributed by atoms with Crippen LogP contribution in [0.1, 0.15) is 19.0 Å². The molecule has 1 N–H and O–H groups in total. The molecule has 4 nitrogen and oxygen atoms in total. The second kappa shape index (κ2) is 7.11. The molecule has 1 aromatic heterocycles. The Morgan fingerprint density at radius 2 is 2.19 bits per heavy atom. The Kier molecular flexibility index (Phi) is 5.44. The second-order valence-electron chi connectivity index (χ2n) is 4.62. The molecule has 21 heavy (non-hydrogen) atoms. The maximum Gasteiger partial charge on any atom is 0.211 e. The van der Waals surface area contributed by atoms with Crippen LogP contribution in [0.3, 0.4) is 0 Å². The van der Waals surface area contributed by atoms with Gasteiger partial charge in [0.05, 0.1) is 11.4 Å². The van der Waals surface area contributed by atoms with Gasteiger partial charge >= 0.3 is 0 Å². The predicted molar refractivity (Wildman–Crippen MR) is 83.3 cm³/mol. The molecule has 1 heterocycles. The molecule has 0 aliphatic heterocycles. The zero-order valence-corrected chi connectivity index (χ0v) is 13.3. The second-order valence-corrected chi connectivity index (χ2v) is 7.40. The van der Waals surface area contributed by atoms with Crippen molar-refractivity contribution in [3.63, 3.8) is 0 Å². The quantitative estimate of drug-likeness (QED) is 0.850. The number of nitrogens with one attached hydrogen (secondary N) is 1. The molecule has 0 aliphatic rings. The van der Waals surface area contributed by atoms with Gasteiger partial charge in [-0.25, -0.2) is 22.5 Å². The van der Waals surface area contributed by atoms with E-state index in [0.29, 0.717) is 19.4 Å². The van der Waals surface area contributed by atoms with Gasteiger partial charge in [0.2, 0.25) is 10.0 Å². The fourth-order valence-corrected chi connectivity index (χ4v) is 3.80. The first-order chi connectivity index (χ1) is 10.00.